The first-order valence-electron chi connectivity index (χ1n) is 3.12. The summed E-state index contributed by atoms with van der Waals surface area (Å²) in [6, 6.07) is 0. The van der Waals surface area contributed by atoms with E-state index in [9.17, 15) is 0 Å². The van der Waals surface area contributed by atoms with Crippen molar-refractivity contribution in [3.63, 3.8) is 0 Å². The minimum absolute atomic E-state index is 0. The topological polar surface area (TPSA) is 12.0 Å². The highest BCUT2D eigenvalue weighted by Crippen LogP contribution is 1.71. The molecule has 0 bridgehead atoms. The maximum atomic E-state index is 3.28. The molecule has 0 atom stereocenters. The molecule has 2 heteroatoms. The van der Waals surface area contributed by atoms with Crippen molar-refractivity contribution < 1.29 is 0 Å². The van der Waals surface area contributed by atoms with Crippen LogP contribution in [-0.4, -0.2) is 13.1 Å². The first kappa shape index (κ1) is 11.2. The van der Waals surface area contributed by atoms with Gasteiger partial charge < -0.3 is 5.32 Å². The van der Waals surface area contributed by atoms with Crippen LogP contribution in [0.15, 0.2) is 0 Å². The summed E-state index contributed by atoms with van der Waals surface area (Å²) >= 11 is 0. The molecule has 0 rings (SSSR count). The molecule has 0 aliphatic heterocycles. The second-order valence-electron chi connectivity index (χ2n) is 1.75. The lowest BCUT2D eigenvalue weighted by molar-refractivity contribution is 0.662. The summed E-state index contributed by atoms with van der Waals surface area (Å²) in [4.78, 5) is 0. The van der Waals surface area contributed by atoms with Crippen molar-refractivity contribution in [2.75, 3.05) is 13.1 Å². The summed E-state index contributed by atoms with van der Waals surface area (Å²) in [5.74, 6) is 0. The van der Waals surface area contributed by atoms with Crippen molar-refractivity contribution in [3.8, 4) is 0 Å². The second-order valence-corrected chi connectivity index (χ2v) is 1.75. The van der Waals surface area contributed by atoms with Crippen molar-refractivity contribution in [2.45, 2.75) is 26.7 Å². The molecule has 0 unspecified atom stereocenters. The van der Waals surface area contributed by atoms with Gasteiger partial charge in [0.2, 0.25) is 0 Å². The van der Waals surface area contributed by atoms with E-state index in [1.54, 1.807) is 0 Å². The fraction of sp³-hybridized carbons (Fsp3) is 1.00. The number of hydrogen-bond donors (Lipinski definition) is 1. The van der Waals surface area contributed by atoms with E-state index in [1.807, 2.05) is 0 Å². The zero-order chi connectivity index (χ0) is 5.54. The zero-order valence-electron chi connectivity index (χ0n) is 5.83. The van der Waals surface area contributed by atoms with Gasteiger partial charge >= 0.3 is 0 Å². The predicted octanol–water partition coefficient (Wildman–Crippen LogP) is 1.51. The van der Waals surface area contributed by atoms with Crippen LogP contribution in [0.1, 0.15) is 26.7 Å². The van der Waals surface area contributed by atoms with Crippen LogP contribution in [0.4, 0.5) is 0 Å². The molecule has 0 spiro atoms. The molecule has 1 nitrogen and oxygen atoms in total. The maximum Gasteiger partial charge on any atom is -0.00516 e. The second kappa shape index (κ2) is 10.3. The Kier molecular flexibility index (Phi) is 14.4. The van der Waals surface area contributed by atoms with Gasteiger partial charge in [-0.2, -0.15) is 13.5 Å². The predicted molar refractivity (Wildman–Crippen MR) is 43.8 cm³/mol. The van der Waals surface area contributed by atoms with Crippen LogP contribution in [0.5, 0.6) is 0 Å². The van der Waals surface area contributed by atoms with Crippen LogP contribution in [0.25, 0.3) is 0 Å². The highest BCUT2D eigenvalue weighted by Gasteiger charge is 1.76. The van der Waals surface area contributed by atoms with Crippen molar-refractivity contribution in [1.82, 2.24) is 5.32 Å². The number of hydrogen-bond acceptors (Lipinski definition) is 1. The molecule has 0 saturated carbocycles. The van der Waals surface area contributed by atoms with Gasteiger partial charge in [0.05, 0.1) is 0 Å². The van der Waals surface area contributed by atoms with E-state index in [2.05, 4.69) is 19.2 Å². The Balaban J connectivity index is 0. The standard InChI is InChI=1S/C6H15N.H2S/c1-3-5-7-6-4-2;/h7H,3-6H2,1-2H3;1H2. The quantitative estimate of drug-likeness (QED) is 0.576. The van der Waals surface area contributed by atoms with Gasteiger partial charge in [-0.15, -0.1) is 0 Å². The van der Waals surface area contributed by atoms with Crippen LogP contribution in [0.3, 0.4) is 0 Å². The third kappa shape index (κ3) is 9.58. The molecule has 0 aromatic rings. The molecule has 1 N–H and O–H groups in total. The molecule has 0 aliphatic rings. The van der Waals surface area contributed by atoms with Gasteiger partial charge in [-0.25, -0.2) is 0 Å². The Labute approximate surface area is 59.3 Å². The van der Waals surface area contributed by atoms with Crippen LogP contribution in [0.2, 0.25) is 0 Å². The Morgan fingerprint density at radius 2 is 1.38 bits per heavy atom. The lowest BCUT2D eigenvalue weighted by Gasteiger charge is -1.95. The van der Waals surface area contributed by atoms with Crippen molar-refractivity contribution >= 4 is 13.5 Å². The molecular weight excluding hydrogens is 118 g/mol. The van der Waals surface area contributed by atoms with E-state index in [0.717, 1.165) is 0 Å². The fourth-order valence-electron chi connectivity index (χ4n) is 0.479. The Hall–Kier alpha value is 0.310. The first-order valence-corrected chi connectivity index (χ1v) is 3.12. The molecule has 0 radical (unpaired) electrons. The SMILES string of the molecule is CCCNCCC.S. The third-order valence-electron chi connectivity index (χ3n) is 0.854. The highest BCUT2D eigenvalue weighted by atomic mass is 32.1. The molecule has 0 aromatic carbocycles. The van der Waals surface area contributed by atoms with E-state index >= 15 is 0 Å². The molecule has 0 fully saturated rings. The van der Waals surface area contributed by atoms with Crippen LogP contribution in [0, 0.1) is 0 Å². The molecule has 0 aromatic heterocycles. The Morgan fingerprint density at radius 1 is 1.00 bits per heavy atom. The fourth-order valence-corrected chi connectivity index (χ4v) is 0.479. The Bertz CT molecular complexity index is 27.7. The molecule has 0 aliphatic carbocycles. The summed E-state index contributed by atoms with van der Waals surface area (Å²) in [6.45, 7) is 6.72. The van der Waals surface area contributed by atoms with Crippen molar-refractivity contribution in [2.24, 2.45) is 0 Å². The minimum atomic E-state index is 0. The minimum Gasteiger partial charge on any atom is -0.317 e. The summed E-state index contributed by atoms with van der Waals surface area (Å²) in [5, 5.41) is 3.28. The van der Waals surface area contributed by atoms with E-state index in [1.165, 1.54) is 25.9 Å². The average molecular weight is 135 g/mol. The van der Waals surface area contributed by atoms with E-state index < -0.39 is 0 Å². The van der Waals surface area contributed by atoms with Gasteiger partial charge in [-0.3, -0.25) is 0 Å². The molecule has 52 valence electrons. The summed E-state index contributed by atoms with van der Waals surface area (Å²) in [5.41, 5.74) is 0. The molecule has 8 heavy (non-hydrogen) atoms. The van der Waals surface area contributed by atoms with Gasteiger partial charge in [-0.05, 0) is 25.9 Å². The van der Waals surface area contributed by atoms with Crippen LogP contribution < -0.4 is 5.32 Å². The number of nitrogens with one attached hydrogen (secondary N) is 1. The number of rotatable bonds is 4. The van der Waals surface area contributed by atoms with E-state index in [0.29, 0.717) is 0 Å². The largest absolute Gasteiger partial charge is 0.317 e. The lowest BCUT2D eigenvalue weighted by atomic mass is 10.4. The van der Waals surface area contributed by atoms with Crippen LogP contribution in [-0.2, 0) is 0 Å². The highest BCUT2D eigenvalue weighted by molar-refractivity contribution is 7.59. The monoisotopic (exact) mass is 135 g/mol. The van der Waals surface area contributed by atoms with Crippen molar-refractivity contribution in [1.29, 1.82) is 0 Å². The summed E-state index contributed by atoms with van der Waals surface area (Å²) < 4.78 is 0. The van der Waals surface area contributed by atoms with Gasteiger partial charge in [0.25, 0.3) is 0 Å². The zero-order valence-corrected chi connectivity index (χ0v) is 6.83. The first-order chi connectivity index (χ1) is 3.41. The van der Waals surface area contributed by atoms with E-state index in [-0.39, 0.29) is 13.5 Å². The third-order valence-corrected chi connectivity index (χ3v) is 0.854. The molecule has 0 saturated heterocycles. The van der Waals surface area contributed by atoms with Gasteiger partial charge in [0, 0.05) is 0 Å². The van der Waals surface area contributed by atoms with Gasteiger partial charge in [0.1, 0.15) is 0 Å². The lowest BCUT2D eigenvalue weighted by Crippen LogP contribution is -2.14. The average Bonchev–Trinajstić information content (AvgIpc) is 1.69. The van der Waals surface area contributed by atoms with E-state index in [4.69, 9.17) is 0 Å². The summed E-state index contributed by atoms with van der Waals surface area (Å²) in [7, 11) is 0. The molecule has 0 amide bonds. The smallest absolute Gasteiger partial charge is 0.00516 e. The van der Waals surface area contributed by atoms with Gasteiger partial charge in [-0.1, -0.05) is 13.8 Å². The maximum absolute atomic E-state index is 3.28. The van der Waals surface area contributed by atoms with Crippen LogP contribution >= 0.6 is 13.5 Å². The summed E-state index contributed by atoms with van der Waals surface area (Å²) in [6.07, 6.45) is 2.50. The van der Waals surface area contributed by atoms with Gasteiger partial charge in [0.15, 0.2) is 0 Å². The Morgan fingerprint density at radius 3 is 1.62 bits per heavy atom. The molecular formula is C6H17NS. The van der Waals surface area contributed by atoms with Crippen molar-refractivity contribution in [3.05, 3.63) is 0 Å². The molecule has 0 heterocycles. The normalized spacial score (nSPS) is 8.25.